The van der Waals surface area contributed by atoms with Gasteiger partial charge in [-0.1, -0.05) is 56.0 Å². The van der Waals surface area contributed by atoms with Gasteiger partial charge in [-0.3, -0.25) is 4.79 Å². The number of aromatic nitrogens is 3. The van der Waals surface area contributed by atoms with Crippen molar-refractivity contribution in [1.29, 1.82) is 0 Å². The first-order valence-corrected chi connectivity index (χ1v) is 10.2. The molecule has 3 rings (SSSR count). The monoisotopic (exact) mass is 378 g/mol. The van der Waals surface area contributed by atoms with Gasteiger partial charge in [0, 0.05) is 24.4 Å². The lowest BCUT2D eigenvalue weighted by molar-refractivity contribution is 0.0954. The first kappa shape index (κ1) is 20.1. The van der Waals surface area contributed by atoms with Gasteiger partial charge in [0.2, 0.25) is 0 Å². The molecule has 1 N–H and O–H groups in total. The summed E-state index contributed by atoms with van der Waals surface area (Å²) in [5.41, 5.74) is 6.82. The largest absolute Gasteiger partial charge is 0.352 e. The van der Waals surface area contributed by atoms with Gasteiger partial charge in [0.15, 0.2) is 5.65 Å². The van der Waals surface area contributed by atoms with E-state index in [4.69, 9.17) is 4.98 Å². The van der Waals surface area contributed by atoms with Crippen LogP contribution in [0.25, 0.3) is 5.65 Å². The van der Waals surface area contributed by atoms with Crippen molar-refractivity contribution >= 4 is 11.6 Å². The minimum absolute atomic E-state index is 0.0933. The Hall–Kier alpha value is -2.69. The quantitative estimate of drug-likeness (QED) is 0.585. The molecule has 0 saturated carbocycles. The topological polar surface area (TPSA) is 59.3 Å². The Morgan fingerprint density at radius 3 is 2.71 bits per heavy atom. The summed E-state index contributed by atoms with van der Waals surface area (Å²) >= 11 is 0. The third-order valence-electron chi connectivity index (χ3n) is 5.23. The number of carbonyl (C=O) groups is 1. The van der Waals surface area contributed by atoms with Crippen LogP contribution in [0.2, 0.25) is 0 Å². The van der Waals surface area contributed by atoms with Crippen LogP contribution in [0.1, 0.15) is 71.0 Å². The molecule has 0 unspecified atom stereocenters. The molecule has 5 nitrogen and oxygen atoms in total. The second-order valence-corrected chi connectivity index (χ2v) is 7.54. The van der Waals surface area contributed by atoms with Crippen LogP contribution in [-0.4, -0.2) is 27.0 Å². The van der Waals surface area contributed by atoms with E-state index in [0.717, 1.165) is 36.2 Å². The lowest BCUT2D eigenvalue weighted by Gasteiger charge is -2.12. The fourth-order valence-corrected chi connectivity index (χ4v) is 3.60. The molecule has 0 radical (unpaired) electrons. The van der Waals surface area contributed by atoms with Crippen molar-refractivity contribution in [3.05, 3.63) is 64.1 Å². The van der Waals surface area contributed by atoms with Crippen LogP contribution in [0.15, 0.2) is 30.5 Å². The molecule has 148 valence electrons. The zero-order chi connectivity index (χ0) is 20.1. The number of fused-ring (bicyclic) bond motifs is 1. The summed E-state index contributed by atoms with van der Waals surface area (Å²) in [5, 5.41) is 7.45. The second-order valence-electron chi connectivity index (χ2n) is 7.54. The molecule has 1 aromatic carbocycles. The van der Waals surface area contributed by atoms with E-state index in [1.807, 2.05) is 13.8 Å². The molecular formula is C23H30N4O. The van der Waals surface area contributed by atoms with Gasteiger partial charge in [0.1, 0.15) is 5.56 Å². The normalized spacial score (nSPS) is 11.1. The summed E-state index contributed by atoms with van der Waals surface area (Å²) in [6.45, 7) is 9.04. The first-order valence-electron chi connectivity index (χ1n) is 10.2. The van der Waals surface area contributed by atoms with Gasteiger partial charge in [-0.2, -0.15) is 5.10 Å². The number of rotatable bonds is 8. The van der Waals surface area contributed by atoms with Gasteiger partial charge in [-0.15, -0.1) is 0 Å². The molecule has 0 bridgehead atoms. The summed E-state index contributed by atoms with van der Waals surface area (Å²) in [4.78, 5) is 17.3. The molecule has 0 saturated heterocycles. The molecule has 0 aliphatic carbocycles. The van der Waals surface area contributed by atoms with Crippen molar-refractivity contribution < 1.29 is 4.79 Å². The highest BCUT2D eigenvalue weighted by atomic mass is 16.1. The number of hydrogen-bond donors (Lipinski definition) is 1. The lowest BCUT2D eigenvalue weighted by atomic mass is 10.0. The van der Waals surface area contributed by atoms with E-state index in [1.165, 1.54) is 24.0 Å². The number of benzene rings is 1. The third-order valence-corrected chi connectivity index (χ3v) is 5.23. The molecular weight excluding hydrogens is 348 g/mol. The molecule has 0 aliphatic heterocycles. The van der Waals surface area contributed by atoms with Crippen molar-refractivity contribution in [3.8, 4) is 0 Å². The average molecular weight is 379 g/mol. The third kappa shape index (κ3) is 4.41. The molecule has 2 heterocycles. The predicted octanol–water partition coefficient (Wildman–Crippen LogP) is 4.56. The maximum atomic E-state index is 12.6. The molecule has 5 heteroatoms. The molecule has 2 aromatic heterocycles. The van der Waals surface area contributed by atoms with Crippen molar-refractivity contribution in [2.24, 2.45) is 0 Å². The van der Waals surface area contributed by atoms with E-state index in [-0.39, 0.29) is 5.91 Å². The van der Waals surface area contributed by atoms with Crippen LogP contribution >= 0.6 is 0 Å². The van der Waals surface area contributed by atoms with Crippen molar-refractivity contribution in [3.63, 3.8) is 0 Å². The summed E-state index contributed by atoms with van der Waals surface area (Å²) in [5.74, 6) is -0.0933. The first-order chi connectivity index (χ1) is 13.5. The number of nitrogens with one attached hydrogen (secondary N) is 1. The standard InChI is InChI=1S/C23H30N4O/c1-5-6-7-8-12-24-23(28)21-15-25-27-18(4)20(17(3)26-22(21)27)14-19-11-9-10-16(2)13-19/h9-11,13,15H,5-8,12,14H2,1-4H3,(H,24,28). The molecule has 3 aromatic rings. The summed E-state index contributed by atoms with van der Waals surface area (Å²) in [6.07, 6.45) is 6.98. The van der Waals surface area contributed by atoms with Crippen LogP contribution in [-0.2, 0) is 6.42 Å². The Balaban J connectivity index is 1.82. The summed E-state index contributed by atoms with van der Waals surface area (Å²) in [6, 6.07) is 8.52. The molecule has 0 atom stereocenters. The lowest BCUT2D eigenvalue weighted by Crippen LogP contribution is -2.24. The van der Waals surface area contributed by atoms with Crippen LogP contribution in [0.4, 0.5) is 0 Å². The molecule has 0 aliphatic rings. The van der Waals surface area contributed by atoms with E-state index in [0.29, 0.717) is 17.8 Å². The van der Waals surface area contributed by atoms with Gasteiger partial charge in [0.25, 0.3) is 5.91 Å². The fourth-order valence-electron chi connectivity index (χ4n) is 3.60. The number of hydrogen-bond acceptors (Lipinski definition) is 3. The Labute approximate surface area is 167 Å². The van der Waals surface area contributed by atoms with Crippen molar-refractivity contribution in [2.75, 3.05) is 6.54 Å². The average Bonchev–Trinajstić information content (AvgIpc) is 3.09. The number of carbonyl (C=O) groups excluding carboxylic acids is 1. The number of unbranched alkanes of at least 4 members (excludes halogenated alkanes) is 3. The highest BCUT2D eigenvalue weighted by Gasteiger charge is 2.18. The van der Waals surface area contributed by atoms with Crippen molar-refractivity contribution in [1.82, 2.24) is 19.9 Å². The molecule has 28 heavy (non-hydrogen) atoms. The van der Waals surface area contributed by atoms with Crippen LogP contribution in [0.5, 0.6) is 0 Å². The molecule has 0 spiro atoms. The van der Waals surface area contributed by atoms with Gasteiger partial charge in [-0.25, -0.2) is 9.50 Å². The molecule has 0 fully saturated rings. The number of nitrogens with zero attached hydrogens (tertiary/aromatic N) is 3. The minimum Gasteiger partial charge on any atom is -0.352 e. The van der Waals surface area contributed by atoms with Gasteiger partial charge in [0.05, 0.1) is 6.20 Å². The van der Waals surface area contributed by atoms with Crippen LogP contribution < -0.4 is 5.32 Å². The van der Waals surface area contributed by atoms with Gasteiger partial charge in [-0.05, 0) is 38.3 Å². The fraction of sp³-hybridized carbons (Fsp3) is 0.435. The van der Waals surface area contributed by atoms with E-state index in [2.05, 4.69) is 48.5 Å². The van der Waals surface area contributed by atoms with Crippen molar-refractivity contribution in [2.45, 2.75) is 59.8 Å². The minimum atomic E-state index is -0.0933. The zero-order valence-electron chi connectivity index (χ0n) is 17.4. The Morgan fingerprint density at radius 1 is 1.14 bits per heavy atom. The Kier molecular flexibility index (Phi) is 6.45. The van der Waals surface area contributed by atoms with Crippen LogP contribution in [0, 0.1) is 20.8 Å². The maximum Gasteiger partial charge on any atom is 0.256 e. The molecule has 1 amide bonds. The second kappa shape index (κ2) is 9.00. The Morgan fingerprint density at radius 2 is 1.96 bits per heavy atom. The van der Waals surface area contributed by atoms with E-state index < -0.39 is 0 Å². The highest BCUT2D eigenvalue weighted by molar-refractivity contribution is 5.99. The van der Waals surface area contributed by atoms with Crippen LogP contribution in [0.3, 0.4) is 0 Å². The Bertz CT molecular complexity index is 974. The smallest absolute Gasteiger partial charge is 0.256 e. The van der Waals surface area contributed by atoms with Gasteiger partial charge >= 0.3 is 0 Å². The summed E-state index contributed by atoms with van der Waals surface area (Å²) < 4.78 is 1.80. The maximum absolute atomic E-state index is 12.6. The predicted molar refractivity (Wildman–Crippen MR) is 113 cm³/mol. The number of amides is 1. The van der Waals surface area contributed by atoms with Gasteiger partial charge < -0.3 is 5.32 Å². The SMILES string of the molecule is CCCCCCNC(=O)c1cnn2c(C)c(Cc3cccc(C)c3)c(C)nc12. The zero-order valence-corrected chi connectivity index (χ0v) is 17.4. The summed E-state index contributed by atoms with van der Waals surface area (Å²) in [7, 11) is 0. The highest BCUT2D eigenvalue weighted by Crippen LogP contribution is 2.20. The number of aryl methyl sites for hydroxylation is 3. The van der Waals surface area contributed by atoms with E-state index in [9.17, 15) is 4.79 Å². The van der Waals surface area contributed by atoms with E-state index in [1.54, 1.807) is 10.7 Å². The van der Waals surface area contributed by atoms with E-state index >= 15 is 0 Å².